The Hall–Kier alpha value is -2.88. The van der Waals surface area contributed by atoms with Gasteiger partial charge in [-0.25, -0.2) is 4.79 Å². The highest BCUT2D eigenvalue weighted by Crippen LogP contribution is 2.47. The standard InChI is InChI=1S/C18H17F3N4O3/c1-11-10-22-16(26)25(11)13-4-2-3-12(9-13)14-23-15(28-24-14)17(18(19,20)21)5-7-27-8-6-17/h2-4,9-10H,5-8H2,1H3,(H,22,26). The van der Waals surface area contributed by atoms with Gasteiger partial charge in [0, 0.05) is 30.7 Å². The van der Waals surface area contributed by atoms with E-state index in [0.29, 0.717) is 16.9 Å². The van der Waals surface area contributed by atoms with Gasteiger partial charge in [0.1, 0.15) is 5.41 Å². The molecule has 1 aromatic carbocycles. The number of halogens is 3. The van der Waals surface area contributed by atoms with Crippen LogP contribution in [0.5, 0.6) is 0 Å². The summed E-state index contributed by atoms with van der Waals surface area (Å²) < 4.78 is 53.0. The number of aromatic amines is 1. The van der Waals surface area contributed by atoms with Crippen molar-refractivity contribution in [1.29, 1.82) is 0 Å². The second-order valence-corrected chi connectivity index (χ2v) is 6.74. The molecule has 3 heterocycles. The first-order valence-electron chi connectivity index (χ1n) is 8.68. The molecule has 148 valence electrons. The molecule has 1 aliphatic heterocycles. The van der Waals surface area contributed by atoms with Gasteiger partial charge in [0.15, 0.2) is 0 Å². The van der Waals surface area contributed by atoms with E-state index in [1.807, 2.05) is 0 Å². The minimum absolute atomic E-state index is 0.0254. The van der Waals surface area contributed by atoms with E-state index in [4.69, 9.17) is 9.26 Å². The summed E-state index contributed by atoms with van der Waals surface area (Å²) in [4.78, 5) is 18.6. The normalized spacial score (nSPS) is 17.0. The molecular formula is C18H17F3N4O3. The van der Waals surface area contributed by atoms with Gasteiger partial charge in [0.25, 0.3) is 0 Å². The molecule has 1 fully saturated rings. The van der Waals surface area contributed by atoms with E-state index in [0.717, 1.165) is 0 Å². The number of alkyl halides is 3. The van der Waals surface area contributed by atoms with Crippen molar-refractivity contribution in [2.24, 2.45) is 0 Å². The number of aryl methyl sites for hydroxylation is 1. The topological polar surface area (TPSA) is 85.9 Å². The predicted octanol–water partition coefficient (Wildman–Crippen LogP) is 3.13. The van der Waals surface area contributed by atoms with E-state index < -0.39 is 17.5 Å². The lowest BCUT2D eigenvalue weighted by Gasteiger charge is -2.35. The molecule has 1 aliphatic rings. The Morgan fingerprint density at radius 1 is 1.25 bits per heavy atom. The van der Waals surface area contributed by atoms with Crippen molar-refractivity contribution in [3.63, 3.8) is 0 Å². The summed E-state index contributed by atoms with van der Waals surface area (Å²) in [5.74, 6) is -0.424. The molecule has 0 radical (unpaired) electrons. The summed E-state index contributed by atoms with van der Waals surface area (Å²) in [6, 6.07) is 6.66. The fourth-order valence-corrected chi connectivity index (χ4v) is 3.43. The third-order valence-corrected chi connectivity index (χ3v) is 5.05. The molecule has 2 aromatic heterocycles. The third kappa shape index (κ3) is 2.93. The van der Waals surface area contributed by atoms with Crippen LogP contribution in [0.2, 0.25) is 0 Å². The zero-order valence-corrected chi connectivity index (χ0v) is 14.9. The zero-order chi connectivity index (χ0) is 19.9. The summed E-state index contributed by atoms with van der Waals surface area (Å²) in [6.07, 6.45) is -3.50. The molecule has 28 heavy (non-hydrogen) atoms. The fraction of sp³-hybridized carbons (Fsp3) is 0.389. The second kappa shape index (κ2) is 6.62. The maximum Gasteiger partial charge on any atom is 0.403 e. The van der Waals surface area contributed by atoms with Gasteiger partial charge in [-0.1, -0.05) is 17.3 Å². The highest BCUT2D eigenvalue weighted by atomic mass is 19.4. The van der Waals surface area contributed by atoms with Crippen LogP contribution in [0.4, 0.5) is 13.2 Å². The number of ether oxygens (including phenoxy) is 1. The number of rotatable bonds is 3. The molecule has 3 aromatic rings. The molecule has 10 heteroatoms. The number of nitrogens with zero attached hydrogens (tertiary/aromatic N) is 3. The van der Waals surface area contributed by atoms with E-state index in [9.17, 15) is 18.0 Å². The van der Waals surface area contributed by atoms with Crippen LogP contribution in [0.15, 0.2) is 39.8 Å². The summed E-state index contributed by atoms with van der Waals surface area (Å²) in [6.45, 7) is 1.71. The predicted molar refractivity (Wildman–Crippen MR) is 92.2 cm³/mol. The zero-order valence-electron chi connectivity index (χ0n) is 14.9. The van der Waals surface area contributed by atoms with Gasteiger partial charge in [-0.05, 0) is 31.9 Å². The maximum atomic E-state index is 13.8. The molecule has 7 nitrogen and oxygen atoms in total. The Balaban J connectivity index is 1.74. The minimum atomic E-state index is -4.53. The smallest absolute Gasteiger partial charge is 0.381 e. The Morgan fingerprint density at radius 2 is 2.00 bits per heavy atom. The van der Waals surface area contributed by atoms with Crippen LogP contribution in [0.25, 0.3) is 17.1 Å². The van der Waals surface area contributed by atoms with Crippen molar-refractivity contribution in [1.82, 2.24) is 19.7 Å². The van der Waals surface area contributed by atoms with Crippen molar-refractivity contribution < 1.29 is 22.4 Å². The van der Waals surface area contributed by atoms with Gasteiger partial charge in [-0.3, -0.25) is 4.57 Å². The number of nitrogens with one attached hydrogen (secondary N) is 1. The first-order chi connectivity index (χ1) is 13.3. The lowest BCUT2D eigenvalue weighted by Crippen LogP contribution is -2.47. The van der Waals surface area contributed by atoms with Gasteiger partial charge in [-0.2, -0.15) is 18.2 Å². The number of benzene rings is 1. The summed E-state index contributed by atoms with van der Waals surface area (Å²) in [5.41, 5.74) is -0.841. The quantitative estimate of drug-likeness (QED) is 0.738. The fourth-order valence-electron chi connectivity index (χ4n) is 3.43. The van der Waals surface area contributed by atoms with Crippen molar-refractivity contribution in [2.45, 2.75) is 31.4 Å². The van der Waals surface area contributed by atoms with Crippen molar-refractivity contribution >= 4 is 0 Å². The van der Waals surface area contributed by atoms with Crippen LogP contribution in [-0.4, -0.2) is 39.1 Å². The van der Waals surface area contributed by atoms with Crippen molar-refractivity contribution in [3.05, 3.63) is 52.5 Å². The number of aromatic nitrogens is 4. The number of H-pyrrole nitrogens is 1. The van der Waals surface area contributed by atoms with Crippen LogP contribution in [0.1, 0.15) is 24.4 Å². The van der Waals surface area contributed by atoms with E-state index in [2.05, 4.69) is 15.1 Å². The molecule has 0 aliphatic carbocycles. The van der Waals surface area contributed by atoms with Crippen LogP contribution >= 0.6 is 0 Å². The van der Waals surface area contributed by atoms with Crippen LogP contribution in [0, 0.1) is 6.92 Å². The van der Waals surface area contributed by atoms with Gasteiger partial charge in [0.2, 0.25) is 11.7 Å². The van der Waals surface area contributed by atoms with Crippen molar-refractivity contribution in [3.8, 4) is 17.1 Å². The van der Waals surface area contributed by atoms with Gasteiger partial charge >= 0.3 is 11.9 Å². The molecule has 0 amide bonds. The third-order valence-electron chi connectivity index (χ3n) is 5.05. The Labute approximate surface area is 157 Å². The van der Waals surface area contributed by atoms with Crippen LogP contribution in [-0.2, 0) is 10.2 Å². The average molecular weight is 394 g/mol. The SMILES string of the molecule is Cc1c[nH]c(=O)n1-c1cccc(-c2noc(C3(C(F)(F)F)CCOCC3)n2)c1. The van der Waals surface area contributed by atoms with Gasteiger partial charge in [-0.15, -0.1) is 0 Å². The summed E-state index contributed by atoms with van der Waals surface area (Å²) >= 11 is 0. The van der Waals surface area contributed by atoms with Crippen LogP contribution < -0.4 is 5.69 Å². The lowest BCUT2D eigenvalue weighted by atomic mass is 9.79. The molecule has 0 saturated carbocycles. The average Bonchev–Trinajstić information content (AvgIpc) is 3.29. The largest absolute Gasteiger partial charge is 0.403 e. The number of imidazole rings is 1. The Kier molecular flexibility index (Phi) is 4.37. The van der Waals surface area contributed by atoms with E-state index in [1.54, 1.807) is 37.4 Å². The monoisotopic (exact) mass is 394 g/mol. The summed E-state index contributed by atoms with van der Waals surface area (Å²) in [7, 11) is 0. The van der Waals surface area contributed by atoms with E-state index in [1.165, 1.54) is 4.57 Å². The van der Waals surface area contributed by atoms with E-state index in [-0.39, 0.29) is 37.6 Å². The number of hydrogen-bond acceptors (Lipinski definition) is 5. The molecular weight excluding hydrogens is 377 g/mol. The first kappa shape index (κ1) is 18.5. The Morgan fingerprint density at radius 3 is 2.64 bits per heavy atom. The molecule has 4 rings (SSSR count). The maximum absolute atomic E-state index is 13.8. The molecule has 0 atom stereocenters. The second-order valence-electron chi connectivity index (χ2n) is 6.74. The van der Waals surface area contributed by atoms with Gasteiger partial charge in [0.05, 0.1) is 5.69 Å². The Bertz CT molecular complexity index is 1040. The van der Waals surface area contributed by atoms with Crippen LogP contribution in [0.3, 0.4) is 0 Å². The lowest BCUT2D eigenvalue weighted by molar-refractivity contribution is -0.217. The highest BCUT2D eigenvalue weighted by Gasteiger charge is 2.60. The molecule has 1 N–H and O–H groups in total. The molecule has 0 spiro atoms. The first-order valence-corrected chi connectivity index (χ1v) is 8.68. The number of hydrogen-bond donors (Lipinski definition) is 1. The molecule has 0 unspecified atom stereocenters. The highest BCUT2D eigenvalue weighted by molar-refractivity contribution is 5.58. The summed E-state index contributed by atoms with van der Waals surface area (Å²) in [5, 5.41) is 3.77. The molecule has 0 bridgehead atoms. The van der Waals surface area contributed by atoms with E-state index >= 15 is 0 Å². The van der Waals surface area contributed by atoms with Gasteiger partial charge < -0.3 is 14.2 Å². The minimum Gasteiger partial charge on any atom is -0.381 e. The molecule has 1 saturated heterocycles. The van der Waals surface area contributed by atoms with Crippen molar-refractivity contribution in [2.75, 3.05) is 13.2 Å².